The molecule has 3 rings (SSSR count). The summed E-state index contributed by atoms with van der Waals surface area (Å²) in [4.78, 5) is 31.6. The quantitative estimate of drug-likeness (QED) is 0.743. The van der Waals surface area contributed by atoms with Crippen molar-refractivity contribution in [3.05, 3.63) is 15.6 Å². The highest BCUT2D eigenvalue weighted by atomic mass is 32.1. The normalized spacial score (nSPS) is 20.2. The van der Waals surface area contributed by atoms with E-state index in [2.05, 4.69) is 15.2 Å². The summed E-state index contributed by atoms with van der Waals surface area (Å²) in [6, 6.07) is 0. The number of nitrogens with zero attached hydrogens (tertiary/aromatic N) is 2. The fourth-order valence-electron chi connectivity index (χ4n) is 4.08. The van der Waals surface area contributed by atoms with Crippen LogP contribution in [0.2, 0.25) is 0 Å². The predicted octanol–water partition coefficient (Wildman–Crippen LogP) is 2.07. The van der Waals surface area contributed by atoms with Gasteiger partial charge in [-0.1, -0.05) is 19.3 Å². The summed E-state index contributed by atoms with van der Waals surface area (Å²) in [5.41, 5.74) is 0.656. The first-order chi connectivity index (χ1) is 13.0. The summed E-state index contributed by atoms with van der Waals surface area (Å²) >= 11 is 1.29. The maximum absolute atomic E-state index is 12.3. The van der Waals surface area contributed by atoms with Gasteiger partial charge in [0, 0.05) is 25.2 Å². The molecule has 0 aromatic carbocycles. The average Bonchev–Trinajstić information content (AvgIpc) is 3.04. The molecule has 1 saturated carbocycles. The maximum Gasteiger partial charge on any atom is 0.350 e. The molecule has 150 valence electrons. The lowest BCUT2D eigenvalue weighted by Crippen LogP contribution is -2.59. The Morgan fingerprint density at radius 2 is 1.93 bits per heavy atom. The van der Waals surface area contributed by atoms with Gasteiger partial charge in [-0.2, -0.15) is 0 Å². The summed E-state index contributed by atoms with van der Waals surface area (Å²) in [7, 11) is 0. The van der Waals surface area contributed by atoms with Gasteiger partial charge in [0.1, 0.15) is 4.88 Å². The number of rotatable bonds is 6. The van der Waals surface area contributed by atoms with Gasteiger partial charge in [-0.15, -0.1) is 11.3 Å². The number of carbonyl (C=O) groups is 2. The van der Waals surface area contributed by atoms with E-state index in [-0.39, 0.29) is 18.1 Å². The summed E-state index contributed by atoms with van der Waals surface area (Å²) in [5.74, 6) is -0.728. The topological polar surface area (TPSA) is 80.8 Å². The van der Waals surface area contributed by atoms with E-state index >= 15 is 0 Å². The molecule has 7 nitrogen and oxygen atoms in total. The Morgan fingerprint density at radius 3 is 2.56 bits per heavy atom. The van der Waals surface area contributed by atoms with Gasteiger partial charge in [-0.25, -0.2) is 9.78 Å². The number of esters is 1. The van der Waals surface area contributed by atoms with Crippen molar-refractivity contribution < 1.29 is 19.1 Å². The Balaban J connectivity index is 1.51. The van der Waals surface area contributed by atoms with Crippen molar-refractivity contribution >= 4 is 23.2 Å². The van der Waals surface area contributed by atoms with E-state index in [1.165, 1.54) is 30.6 Å². The number of thiazole rings is 1. The van der Waals surface area contributed by atoms with Crippen LogP contribution in [0.4, 0.5) is 0 Å². The molecule has 2 fully saturated rings. The fourth-order valence-corrected chi connectivity index (χ4v) is 4.90. The van der Waals surface area contributed by atoms with Gasteiger partial charge in [0.15, 0.2) is 6.61 Å². The molecule has 1 N–H and O–H groups in total. The Hall–Kier alpha value is -1.51. The molecule has 8 heteroatoms. The zero-order valence-corrected chi connectivity index (χ0v) is 17.0. The molecule has 27 heavy (non-hydrogen) atoms. The number of morpholine rings is 1. The van der Waals surface area contributed by atoms with Crippen molar-refractivity contribution in [1.29, 1.82) is 0 Å². The van der Waals surface area contributed by atoms with E-state index in [1.54, 1.807) is 6.92 Å². The van der Waals surface area contributed by atoms with E-state index in [4.69, 9.17) is 9.47 Å². The van der Waals surface area contributed by atoms with Crippen molar-refractivity contribution in [3.8, 4) is 0 Å². The lowest BCUT2D eigenvalue weighted by atomic mass is 9.79. The van der Waals surface area contributed by atoms with E-state index in [0.717, 1.165) is 44.2 Å². The highest BCUT2D eigenvalue weighted by molar-refractivity contribution is 7.13. The Bertz CT molecular complexity index is 664. The maximum atomic E-state index is 12.3. The molecule has 0 unspecified atom stereocenters. The van der Waals surface area contributed by atoms with Crippen LogP contribution in [-0.2, 0) is 14.3 Å². The number of aryl methyl sites for hydroxylation is 2. The Morgan fingerprint density at radius 1 is 1.22 bits per heavy atom. The number of hydrogen-bond donors (Lipinski definition) is 1. The number of amides is 1. The van der Waals surface area contributed by atoms with Crippen LogP contribution >= 0.6 is 11.3 Å². The third-order valence-electron chi connectivity index (χ3n) is 5.50. The molecule has 0 radical (unpaired) electrons. The van der Waals surface area contributed by atoms with E-state index < -0.39 is 5.97 Å². The zero-order valence-electron chi connectivity index (χ0n) is 16.2. The lowest BCUT2D eigenvalue weighted by Gasteiger charge is -2.48. The molecule has 1 saturated heterocycles. The van der Waals surface area contributed by atoms with Gasteiger partial charge in [-0.05, 0) is 26.7 Å². The van der Waals surface area contributed by atoms with Gasteiger partial charge < -0.3 is 14.8 Å². The zero-order chi connectivity index (χ0) is 19.3. The molecule has 2 aliphatic rings. The van der Waals surface area contributed by atoms with Crippen molar-refractivity contribution in [3.63, 3.8) is 0 Å². The minimum atomic E-state index is -0.478. The monoisotopic (exact) mass is 395 g/mol. The molecule has 0 spiro atoms. The molecule has 2 heterocycles. The third kappa shape index (κ3) is 5.06. The molecule has 0 bridgehead atoms. The van der Waals surface area contributed by atoms with Gasteiger partial charge in [0.2, 0.25) is 0 Å². The van der Waals surface area contributed by atoms with Crippen molar-refractivity contribution in [1.82, 2.24) is 15.2 Å². The first kappa shape index (κ1) is 20.2. The number of ether oxygens (including phenoxy) is 2. The molecule has 1 aromatic rings. The van der Waals surface area contributed by atoms with Gasteiger partial charge in [-0.3, -0.25) is 9.69 Å². The Labute approximate surface area is 164 Å². The molecular weight excluding hydrogens is 366 g/mol. The fraction of sp³-hybridized carbons (Fsp3) is 0.737. The number of hydrogen-bond acceptors (Lipinski definition) is 7. The van der Waals surface area contributed by atoms with Crippen molar-refractivity contribution in [2.75, 3.05) is 39.5 Å². The summed E-state index contributed by atoms with van der Waals surface area (Å²) in [6.07, 6.45) is 5.81. The predicted molar refractivity (Wildman–Crippen MR) is 103 cm³/mol. The minimum absolute atomic E-state index is 0.00702. The van der Waals surface area contributed by atoms with Crippen LogP contribution in [0.25, 0.3) is 0 Å². The second kappa shape index (κ2) is 9.12. The highest BCUT2D eigenvalue weighted by Crippen LogP contribution is 2.33. The van der Waals surface area contributed by atoms with Crippen molar-refractivity contribution in [2.24, 2.45) is 0 Å². The number of nitrogens with one attached hydrogen (secondary N) is 1. The second-order valence-electron chi connectivity index (χ2n) is 7.38. The molecule has 1 amide bonds. The lowest BCUT2D eigenvalue weighted by molar-refractivity contribution is -0.125. The van der Waals surface area contributed by atoms with E-state index in [0.29, 0.717) is 17.1 Å². The van der Waals surface area contributed by atoms with Gasteiger partial charge in [0.05, 0.1) is 23.9 Å². The standard InChI is InChI=1S/C19H29N3O4S/c1-14-17(27-15(2)21-14)18(24)26-12-16(23)20-13-19(6-4-3-5-7-19)22-8-10-25-11-9-22/h3-13H2,1-2H3,(H,20,23). The average molecular weight is 396 g/mol. The molecule has 1 aliphatic carbocycles. The first-order valence-corrected chi connectivity index (χ1v) is 10.5. The van der Waals surface area contributed by atoms with Crippen LogP contribution in [0, 0.1) is 13.8 Å². The van der Waals surface area contributed by atoms with Gasteiger partial charge >= 0.3 is 5.97 Å². The number of carbonyl (C=O) groups excluding carboxylic acids is 2. The van der Waals surface area contributed by atoms with Crippen LogP contribution in [0.3, 0.4) is 0 Å². The molecular formula is C19H29N3O4S. The smallest absolute Gasteiger partial charge is 0.350 e. The largest absolute Gasteiger partial charge is 0.451 e. The van der Waals surface area contributed by atoms with Crippen LogP contribution in [0.5, 0.6) is 0 Å². The highest BCUT2D eigenvalue weighted by Gasteiger charge is 2.38. The molecule has 1 aliphatic heterocycles. The van der Waals surface area contributed by atoms with Crippen LogP contribution in [-0.4, -0.2) is 66.8 Å². The van der Waals surface area contributed by atoms with E-state index in [1.807, 2.05) is 6.92 Å². The van der Waals surface area contributed by atoms with Gasteiger partial charge in [0.25, 0.3) is 5.91 Å². The summed E-state index contributed by atoms with van der Waals surface area (Å²) < 4.78 is 10.7. The summed E-state index contributed by atoms with van der Waals surface area (Å²) in [5, 5.41) is 3.82. The third-order valence-corrected chi connectivity index (χ3v) is 6.56. The number of aromatic nitrogens is 1. The minimum Gasteiger partial charge on any atom is -0.451 e. The summed E-state index contributed by atoms with van der Waals surface area (Å²) in [6.45, 7) is 7.29. The SMILES string of the molecule is Cc1nc(C)c(C(=O)OCC(=O)NCC2(N3CCOCC3)CCCCC2)s1. The second-order valence-corrected chi connectivity index (χ2v) is 8.59. The van der Waals surface area contributed by atoms with E-state index in [9.17, 15) is 9.59 Å². The van der Waals surface area contributed by atoms with Crippen LogP contribution in [0.15, 0.2) is 0 Å². The van der Waals surface area contributed by atoms with Crippen molar-refractivity contribution in [2.45, 2.75) is 51.5 Å². The molecule has 0 atom stereocenters. The van der Waals surface area contributed by atoms with Crippen LogP contribution < -0.4 is 5.32 Å². The first-order valence-electron chi connectivity index (χ1n) is 9.71. The molecule has 1 aromatic heterocycles. The Kier molecular flexibility index (Phi) is 6.83. The van der Waals surface area contributed by atoms with Crippen LogP contribution in [0.1, 0.15) is 52.5 Å².